The minimum absolute atomic E-state index is 0.0737. The molecule has 0 saturated carbocycles. The predicted octanol–water partition coefficient (Wildman–Crippen LogP) is 5.99. The maximum Gasteiger partial charge on any atom is 0.407 e. The average Bonchev–Trinajstić information content (AvgIpc) is 2.95. The number of amides is 2. The van der Waals surface area contributed by atoms with Gasteiger partial charge in [0.1, 0.15) is 11.6 Å². The predicted molar refractivity (Wildman–Crippen MR) is 159 cm³/mol. The Hall–Kier alpha value is -4.20. The molecule has 1 heterocycles. The fourth-order valence-corrected chi connectivity index (χ4v) is 4.75. The van der Waals surface area contributed by atoms with Gasteiger partial charge in [-0.25, -0.2) is 9.59 Å². The SMILES string of the molecule is CC[C@H](CCc1ncccc1CC(=O)[C@@H](NC(=O)OC)C(c1ccccc1)c1ccccc1)NC(=O)OC(C)(C)C. The van der Waals surface area contributed by atoms with E-state index in [0.717, 1.165) is 28.8 Å². The van der Waals surface area contributed by atoms with E-state index in [-0.39, 0.29) is 18.2 Å². The summed E-state index contributed by atoms with van der Waals surface area (Å²) in [4.78, 5) is 43.3. The van der Waals surface area contributed by atoms with Crippen molar-refractivity contribution >= 4 is 18.0 Å². The molecule has 2 aromatic carbocycles. The van der Waals surface area contributed by atoms with Gasteiger partial charge in [0.05, 0.1) is 7.11 Å². The van der Waals surface area contributed by atoms with Gasteiger partial charge in [-0.15, -0.1) is 0 Å². The van der Waals surface area contributed by atoms with Crippen LogP contribution in [-0.4, -0.2) is 47.7 Å². The average molecular weight is 560 g/mol. The van der Waals surface area contributed by atoms with Crippen molar-refractivity contribution in [2.45, 2.75) is 77.0 Å². The maximum atomic E-state index is 14.0. The van der Waals surface area contributed by atoms with Crippen molar-refractivity contribution in [3.05, 3.63) is 101 Å². The number of benzene rings is 2. The number of aromatic nitrogens is 1. The first kappa shape index (κ1) is 31.3. The standard InChI is InChI=1S/C33H41N3O5/c1-6-26(35-32(39)41-33(2,3)4)19-20-27-25(18-13-21-34-27)22-28(37)30(36-31(38)40-5)29(23-14-9-7-10-15-23)24-16-11-8-12-17-24/h7-18,21,26,29-30H,6,19-20,22H2,1-5H3,(H,35,39)(H,36,38)/t26-,30-/m1/s1. The highest BCUT2D eigenvalue weighted by Gasteiger charge is 2.33. The lowest BCUT2D eigenvalue weighted by molar-refractivity contribution is -0.120. The molecule has 2 atom stereocenters. The summed E-state index contributed by atoms with van der Waals surface area (Å²) < 4.78 is 10.3. The molecule has 1 aromatic heterocycles. The molecule has 0 radical (unpaired) electrons. The molecule has 0 fully saturated rings. The van der Waals surface area contributed by atoms with Crippen molar-refractivity contribution in [3.8, 4) is 0 Å². The Kier molecular flexibility index (Phi) is 11.4. The first-order valence-electron chi connectivity index (χ1n) is 14.0. The van der Waals surface area contributed by atoms with Crippen LogP contribution in [0.25, 0.3) is 0 Å². The minimum Gasteiger partial charge on any atom is -0.453 e. The number of hydrogen-bond acceptors (Lipinski definition) is 6. The van der Waals surface area contributed by atoms with E-state index in [1.807, 2.05) is 94.4 Å². The van der Waals surface area contributed by atoms with Gasteiger partial charge >= 0.3 is 12.2 Å². The van der Waals surface area contributed by atoms with Crippen molar-refractivity contribution in [1.82, 2.24) is 15.6 Å². The third-order valence-electron chi connectivity index (χ3n) is 6.75. The molecule has 0 aliphatic rings. The lowest BCUT2D eigenvalue weighted by Crippen LogP contribution is -2.46. The number of rotatable bonds is 12. The van der Waals surface area contributed by atoms with E-state index in [4.69, 9.17) is 9.47 Å². The van der Waals surface area contributed by atoms with Crippen LogP contribution >= 0.6 is 0 Å². The zero-order valence-electron chi connectivity index (χ0n) is 24.6. The molecule has 8 heteroatoms. The van der Waals surface area contributed by atoms with Gasteiger partial charge in [-0.1, -0.05) is 73.7 Å². The first-order chi connectivity index (χ1) is 19.6. The van der Waals surface area contributed by atoms with Gasteiger partial charge in [0.2, 0.25) is 0 Å². The minimum atomic E-state index is -0.877. The van der Waals surface area contributed by atoms with E-state index in [0.29, 0.717) is 12.8 Å². The lowest BCUT2D eigenvalue weighted by Gasteiger charge is -2.28. The number of carbonyl (C=O) groups excluding carboxylic acids is 3. The van der Waals surface area contributed by atoms with Crippen LogP contribution in [-0.2, 0) is 27.1 Å². The Labute approximate surface area is 242 Å². The summed E-state index contributed by atoms with van der Waals surface area (Å²) >= 11 is 0. The monoisotopic (exact) mass is 559 g/mol. The molecule has 8 nitrogen and oxygen atoms in total. The Morgan fingerprint density at radius 1 is 0.854 bits per heavy atom. The number of ketones is 1. The Balaban J connectivity index is 1.84. The van der Waals surface area contributed by atoms with Gasteiger partial charge in [0.25, 0.3) is 0 Å². The molecule has 0 unspecified atom stereocenters. The van der Waals surface area contributed by atoms with Crippen LogP contribution in [0.1, 0.15) is 68.8 Å². The zero-order chi connectivity index (χ0) is 29.8. The smallest absolute Gasteiger partial charge is 0.407 e. The number of nitrogens with zero attached hydrogens (tertiary/aromatic N) is 1. The number of carbonyl (C=O) groups is 3. The van der Waals surface area contributed by atoms with Gasteiger partial charge in [-0.2, -0.15) is 0 Å². The molecule has 0 aliphatic heterocycles. The highest BCUT2D eigenvalue weighted by molar-refractivity contribution is 5.90. The second-order valence-electron chi connectivity index (χ2n) is 11.0. The van der Waals surface area contributed by atoms with Gasteiger partial charge in [0, 0.05) is 30.3 Å². The van der Waals surface area contributed by atoms with Crippen molar-refractivity contribution in [2.24, 2.45) is 0 Å². The van der Waals surface area contributed by atoms with Gasteiger partial charge in [-0.05, 0) is 62.8 Å². The largest absolute Gasteiger partial charge is 0.453 e. The quantitative estimate of drug-likeness (QED) is 0.283. The number of hydrogen-bond donors (Lipinski definition) is 2. The Bertz CT molecular complexity index is 1240. The number of ether oxygens (including phenoxy) is 2. The molecule has 3 aromatic rings. The van der Waals surface area contributed by atoms with E-state index in [1.54, 1.807) is 12.3 Å². The molecular formula is C33H41N3O5. The molecule has 41 heavy (non-hydrogen) atoms. The van der Waals surface area contributed by atoms with Crippen LogP contribution in [0.15, 0.2) is 79.0 Å². The van der Waals surface area contributed by atoms with Crippen LogP contribution in [0, 0.1) is 0 Å². The third kappa shape index (κ3) is 9.74. The van der Waals surface area contributed by atoms with Gasteiger partial charge < -0.3 is 20.1 Å². The summed E-state index contributed by atoms with van der Waals surface area (Å²) in [6.07, 6.45) is 2.57. The summed E-state index contributed by atoms with van der Waals surface area (Å²) in [5.41, 5.74) is 2.78. The molecule has 0 spiro atoms. The summed E-state index contributed by atoms with van der Waals surface area (Å²) in [6, 6.07) is 22.0. The molecule has 2 N–H and O–H groups in total. The van der Waals surface area contributed by atoms with E-state index >= 15 is 0 Å². The van der Waals surface area contributed by atoms with Crippen molar-refractivity contribution in [1.29, 1.82) is 0 Å². The number of pyridine rings is 1. The summed E-state index contributed by atoms with van der Waals surface area (Å²) in [7, 11) is 1.28. The number of aryl methyl sites for hydroxylation is 1. The van der Waals surface area contributed by atoms with Gasteiger partial charge in [-0.3, -0.25) is 9.78 Å². The number of Topliss-reactive ketones (excluding diaryl/α,β-unsaturated/α-hetero) is 1. The number of alkyl carbamates (subject to hydrolysis) is 2. The lowest BCUT2D eigenvalue weighted by atomic mass is 9.81. The van der Waals surface area contributed by atoms with Crippen LogP contribution in [0.3, 0.4) is 0 Å². The molecule has 0 bridgehead atoms. The Morgan fingerprint density at radius 2 is 1.46 bits per heavy atom. The molecule has 0 saturated heterocycles. The van der Waals surface area contributed by atoms with Crippen molar-refractivity contribution in [3.63, 3.8) is 0 Å². The van der Waals surface area contributed by atoms with Crippen LogP contribution in [0.2, 0.25) is 0 Å². The van der Waals surface area contributed by atoms with Crippen molar-refractivity contribution < 1.29 is 23.9 Å². The topological polar surface area (TPSA) is 107 Å². The molecule has 218 valence electrons. The van der Waals surface area contributed by atoms with E-state index in [9.17, 15) is 14.4 Å². The van der Waals surface area contributed by atoms with Crippen LogP contribution in [0.4, 0.5) is 9.59 Å². The third-order valence-corrected chi connectivity index (χ3v) is 6.75. The number of nitrogens with one attached hydrogen (secondary N) is 2. The number of methoxy groups -OCH3 is 1. The molecular weight excluding hydrogens is 518 g/mol. The highest BCUT2D eigenvalue weighted by atomic mass is 16.6. The molecule has 3 rings (SSSR count). The fraction of sp³-hybridized carbons (Fsp3) is 0.394. The fourth-order valence-electron chi connectivity index (χ4n) is 4.75. The summed E-state index contributed by atoms with van der Waals surface area (Å²) in [5, 5.41) is 5.74. The van der Waals surface area contributed by atoms with Crippen LogP contribution in [0.5, 0.6) is 0 Å². The zero-order valence-corrected chi connectivity index (χ0v) is 24.6. The Morgan fingerprint density at radius 3 is 2.00 bits per heavy atom. The first-order valence-corrected chi connectivity index (χ1v) is 14.0. The second-order valence-corrected chi connectivity index (χ2v) is 11.0. The van der Waals surface area contributed by atoms with Crippen LogP contribution < -0.4 is 10.6 Å². The molecule has 0 aliphatic carbocycles. The van der Waals surface area contributed by atoms with E-state index < -0.39 is 29.7 Å². The van der Waals surface area contributed by atoms with Gasteiger partial charge in [0.15, 0.2) is 5.78 Å². The van der Waals surface area contributed by atoms with E-state index in [1.165, 1.54) is 7.11 Å². The van der Waals surface area contributed by atoms with Crippen molar-refractivity contribution in [2.75, 3.05) is 7.11 Å². The van der Waals surface area contributed by atoms with E-state index in [2.05, 4.69) is 15.6 Å². The summed E-state index contributed by atoms with van der Waals surface area (Å²) in [6.45, 7) is 7.48. The highest BCUT2D eigenvalue weighted by Crippen LogP contribution is 2.30. The second kappa shape index (κ2) is 15.0. The maximum absolute atomic E-state index is 14.0. The summed E-state index contributed by atoms with van der Waals surface area (Å²) in [5.74, 6) is -0.590. The molecule has 2 amide bonds. The normalized spacial score (nSPS) is 12.7.